The van der Waals surface area contributed by atoms with Crippen LogP contribution in [-0.4, -0.2) is 57.2 Å². The molecule has 8 heteroatoms. The van der Waals surface area contributed by atoms with Crippen LogP contribution in [0.25, 0.3) is 10.9 Å². The molecule has 1 saturated heterocycles. The fourth-order valence-electron chi connectivity index (χ4n) is 3.93. The Labute approximate surface area is 175 Å². The molecule has 3 aromatic rings. The van der Waals surface area contributed by atoms with Gasteiger partial charge in [-0.05, 0) is 49.9 Å². The van der Waals surface area contributed by atoms with E-state index in [-0.39, 0.29) is 5.91 Å². The number of anilines is 1. The average molecular weight is 413 g/mol. The van der Waals surface area contributed by atoms with Crippen LogP contribution in [0.5, 0.6) is 0 Å². The Morgan fingerprint density at radius 2 is 2.00 bits per heavy atom. The van der Waals surface area contributed by atoms with Crippen molar-refractivity contribution in [1.29, 1.82) is 0 Å². The zero-order valence-corrected chi connectivity index (χ0v) is 17.7. The molecule has 0 aliphatic carbocycles. The molecule has 0 spiro atoms. The summed E-state index contributed by atoms with van der Waals surface area (Å²) in [5.74, 6) is 1.37. The van der Waals surface area contributed by atoms with E-state index in [1.165, 1.54) is 0 Å². The maximum absolute atomic E-state index is 12.7. The van der Waals surface area contributed by atoms with Crippen molar-refractivity contribution in [2.75, 3.05) is 31.6 Å². The van der Waals surface area contributed by atoms with Crippen LogP contribution in [0.15, 0.2) is 30.6 Å². The van der Waals surface area contributed by atoms with Gasteiger partial charge in [0.25, 0.3) is 5.91 Å². The molecule has 29 heavy (non-hydrogen) atoms. The highest BCUT2D eigenvalue weighted by Crippen LogP contribution is 2.29. The van der Waals surface area contributed by atoms with E-state index in [1.807, 2.05) is 45.3 Å². The molecule has 0 bridgehead atoms. The highest BCUT2D eigenvalue weighted by molar-refractivity contribution is 6.31. The minimum atomic E-state index is -0.0208. The smallest absolute Gasteiger partial charge is 0.274 e. The number of nitrogens with zero attached hydrogens (tertiary/aromatic N) is 6. The number of piperidine rings is 1. The van der Waals surface area contributed by atoms with E-state index >= 15 is 0 Å². The maximum Gasteiger partial charge on any atom is 0.274 e. The number of carbonyl (C=O) groups excluding carboxylic acids is 1. The van der Waals surface area contributed by atoms with Gasteiger partial charge in [-0.3, -0.25) is 9.48 Å². The van der Waals surface area contributed by atoms with Gasteiger partial charge in [0.1, 0.15) is 12.1 Å². The highest BCUT2D eigenvalue weighted by Gasteiger charge is 2.25. The van der Waals surface area contributed by atoms with Gasteiger partial charge in [-0.15, -0.1) is 0 Å². The van der Waals surface area contributed by atoms with Crippen LogP contribution < -0.4 is 4.90 Å². The molecule has 1 aliphatic heterocycles. The van der Waals surface area contributed by atoms with Crippen LogP contribution in [-0.2, 0) is 7.05 Å². The standard InChI is InChI=1S/C21H25ClN6O/c1-14-10-19(25-27(14)3)21(29)26(2)12-15-6-8-28(9-7-15)20-17-11-16(22)4-5-18(17)23-13-24-20/h4-5,10-11,13,15H,6-9,12H2,1-3H3. The SMILES string of the molecule is Cc1cc(C(=O)N(C)CC2CCN(c3ncnc4ccc(Cl)cc34)CC2)nn1C. The fraction of sp³-hybridized carbons (Fsp3) is 0.429. The molecule has 0 unspecified atom stereocenters. The average Bonchev–Trinajstić information content (AvgIpc) is 3.06. The summed E-state index contributed by atoms with van der Waals surface area (Å²) < 4.78 is 1.73. The molecule has 1 aliphatic rings. The van der Waals surface area contributed by atoms with E-state index in [4.69, 9.17) is 11.6 Å². The van der Waals surface area contributed by atoms with Crippen molar-refractivity contribution in [3.8, 4) is 0 Å². The van der Waals surface area contributed by atoms with Crippen LogP contribution in [0, 0.1) is 12.8 Å². The van der Waals surface area contributed by atoms with Crippen molar-refractivity contribution < 1.29 is 4.79 Å². The van der Waals surface area contributed by atoms with E-state index in [0.717, 1.165) is 54.9 Å². The van der Waals surface area contributed by atoms with Crippen LogP contribution in [0.4, 0.5) is 5.82 Å². The van der Waals surface area contributed by atoms with Crippen LogP contribution >= 0.6 is 11.6 Å². The Hall–Kier alpha value is -2.67. The van der Waals surface area contributed by atoms with Gasteiger partial charge < -0.3 is 9.80 Å². The summed E-state index contributed by atoms with van der Waals surface area (Å²) in [6, 6.07) is 7.55. The first-order valence-electron chi connectivity index (χ1n) is 9.83. The van der Waals surface area contributed by atoms with Crippen LogP contribution in [0.2, 0.25) is 5.02 Å². The van der Waals surface area contributed by atoms with E-state index in [9.17, 15) is 4.79 Å². The molecule has 0 saturated carbocycles. The molecule has 0 radical (unpaired) electrons. The van der Waals surface area contributed by atoms with Gasteiger partial charge >= 0.3 is 0 Å². The van der Waals surface area contributed by atoms with E-state index in [1.54, 1.807) is 15.9 Å². The first-order valence-corrected chi connectivity index (χ1v) is 10.2. The molecule has 2 aromatic heterocycles. The van der Waals surface area contributed by atoms with E-state index in [0.29, 0.717) is 16.6 Å². The topological polar surface area (TPSA) is 67.2 Å². The number of hydrogen-bond acceptors (Lipinski definition) is 5. The number of halogens is 1. The van der Waals surface area contributed by atoms with E-state index < -0.39 is 0 Å². The molecule has 7 nitrogen and oxygen atoms in total. The second kappa shape index (κ2) is 7.99. The summed E-state index contributed by atoms with van der Waals surface area (Å²) in [5, 5.41) is 5.98. The second-order valence-electron chi connectivity index (χ2n) is 7.77. The number of aryl methyl sites for hydroxylation is 2. The monoisotopic (exact) mass is 412 g/mol. The minimum Gasteiger partial charge on any atom is -0.356 e. The lowest BCUT2D eigenvalue weighted by Gasteiger charge is -2.34. The summed E-state index contributed by atoms with van der Waals surface area (Å²) in [4.78, 5) is 25.6. The Morgan fingerprint density at radius 3 is 2.69 bits per heavy atom. The van der Waals surface area contributed by atoms with Crippen molar-refractivity contribution in [1.82, 2.24) is 24.6 Å². The Bertz CT molecular complexity index is 1020. The Morgan fingerprint density at radius 1 is 1.24 bits per heavy atom. The third-order valence-corrected chi connectivity index (χ3v) is 5.94. The van der Waals surface area contributed by atoms with Gasteiger partial charge in [0.2, 0.25) is 0 Å². The molecule has 0 N–H and O–H groups in total. The molecule has 4 rings (SSSR count). The number of benzene rings is 1. The predicted octanol–water partition coefficient (Wildman–Crippen LogP) is 3.31. The molecule has 1 fully saturated rings. The second-order valence-corrected chi connectivity index (χ2v) is 8.21. The van der Waals surface area contributed by atoms with Gasteiger partial charge in [0, 0.05) is 49.8 Å². The van der Waals surface area contributed by atoms with Crippen molar-refractivity contribution >= 4 is 34.2 Å². The number of amides is 1. The zero-order valence-electron chi connectivity index (χ0n) is 17.0. The molecule has 1 aromatic carbocycles. The molecule has 152 valence electrons. The van der Waals surface area contributed by atoms with E-state index in [2.05, 4.69) is 20.0 Å². The lowest BCUT2D eigenvalue weighted by molar-refractivity contribution is 0.0758. The lowest BCUT2D eigenvalue weighted by Crippen LogP contribution is -2.40. The van der Waals surface area contributed by atoms with Crippen molar-refractivity contribution in [3.05, 3.63) is 47.0 Å². The third kappa shape index (κ3) is 4.05. The molecule has 3 heterocycles. The molecular weight excluding hydrogens is 388 g/mol. The number of fused-ring (bicyclic) bond motifs is 1. The number of rotatable bonds is 4. The van der Waals surface area contributed by atoms with Crippen molar-refractivity contribution in [3.63, 3.8) is 0 Å². The first-order chi connectivity index (χ1) is 13.9. The minimum absolute atomic E-state index is 0.0208. The van der Waals surface area contributed by atoms with Gasteiger partial charge in [0.15, 0.2) is 5.69 Å². The largest absolute Gasteiger partial charge is 0.356 e. The van der Waals surface area contributed by atoms with Crippen molar-refractivity contribution in [2.24, 2.45) is 13.0 Å². The first kappa shape index (κ1) is 19.6. The number of aromatic nitrogens is 4. The summed E-state index contributed by atoms with van der Waals surface area (Å²) >= 11 is 6.18. The molecule has 0 atom stereocenters. The Kier molecular flexibility index (Phi) is 5.41. The molecular formula is C21H25ClN6O. The normalized spacial score (nSPS) is 15.1. The summed E-state index contributed by atoms with van der Waals surface area (Å²) in [5.41, 5.74) is 2.39. The predicted molar refractivity (Wildman–Crippen MR) is 114 cm³/mol. The maximum atomic E-state index is 12.7. The number of carbonyl (C=O) groups is 1. The van der Waals surface area contributed by atoms with Crippen LogP contribution in [0.1, 0.15) is 29.0 Å². The number of hydrogen-bond donors (Lipinski definition) is 0. The fourth-order valence-corrected chi connectivity index (χ4v) is 4.10. The summed E-state index contributed by atoms with van der Waals surface area (Å²) in [6.07, 6.45) is 3.62. The molecule has 1 amide bonds. The highest BCUT2D eigenvalue weighted by atomic mass is 35.5. The quantitative estimate of drug-likeness (QED) is 0.657. The van der Waals surface area contributed by atoms with Gasteiger partial charge in [0.05, 0.1) is 5.52 Å². The van der Waals surface area contributed by atoms with Gasteiger partial charge in [-0.25, -0.2) is 9.97 Å². The zero-order chi connectivity index (χ0) is 20.5. The summed E-state index contributed by atoms with van der Waals surface area (Å²) in [7, 11) is 3.71. The van der Waals surface area contributed by atoms with Gasteiger partial charge in [-0.1, -0.05) is 11.6 Å². The summed E-state index contributed by atoms with van der Waals surface area (Å²) in [6.45, 7) is 4.48. The van der Waals surface area contributed by atoms with Crippen LogP contribution in [0.3, 0.4) is 0 Å². The third-order valence-electron chi connectivity index (χ3n) is 5.70. The lowest BCUT2D eigenvalue weighted by atomic mass is 9.96. The Balaban J connectivity index is 1.40. The van der Waals surface area contributed by atoms with Gasteiger partial charge in [-0.2, -0.15) is 5.10 Å². The van der Waals surface area contributed by atoms with Crippen molar-refractivity contribution in [2.45, 2.75) is 19.8 Å².